The van der Waals surface area contributed by atoms with E-state index in [1.54, 1.807) is 6.07 Å². The maximum absolute atomic E-state index is 5.82. The monoisotopic (exact) mass is 273 g/mol. The van der Waals surface area contributed by atoms with Crippen molar-refractivity contribution in [3.63, 3.8) is 0 Å². The zero-order valence-electron chi connectivity index (χ0n) is 9.17. The average molecular weight is 274 g/mol. The average Bonchev–Trinajstić information content (AvgIpc) is 2.86. The molecule has 2 aromatic rings. The number of halogens is 2. The van der Waals surface area contributed by atoms with Gasteiger partial charge in [-0.3, -0.25) is 4.68 Å². The number of hydrogen-bond donors (Lipinski definition) is 0. The van der Waals surface area contributed by atoms with E-state index in [-0.39, 0.29) is 12.4 Å². The highest BCUT2D eigenvalue weighted by molar-refractivity contribution is 6.29. The quantitative estimate of drug-likeness (QED) is 0.790. The second kappa shape index (κ2) is 5.21. The molecule has 1 unspecified atom stereocenters. The van der Waals surface area contributed by atoms with E-state index in [0.29, 0.717) is 16.7 Å². The predicted octanol–water partition coefficient (Wildman–Crippen LogP) is 2.54. The first-order chi connectivity index (χ1) is 7.81. The molecule has 0 saturated carbocycles. The van der Waals surface area contributed by atoms with Crippen molar-refractivity contribution < 1.29 is 4.74 Å². The maximum atomic E-state index is 5.82. The first-order valence-corrected chi connectivity index (χ1v) is 5.76. The molecule has 1 aliphatic heterocycles. The van der Waals surface area contributed by atoms with Crippen LogP contribution in [0.25, 0.3) is 11.0 Å². The number of pyridine rings is 1. The fourth-order valence-corrected chi connectivity index (χ4v) is 2.16. The van der Waals surface area contributed by atoms with Gasteiger partial charge in [-0.15, -0.1) is 12.4 Å². The third-order valence-corrected chi connectivity index (χ3v) is 3.06. The molecule has 6 heteroatoms. The van der Waals surface area contributed by atoms with Crippen LogP contribution in [-0.2, 0) is 11.3 Å². The molecule has 92 valence electrons. The van der Waals surface area contributed by atoms with Crippen LogP contribution in [0.15, 0.2) is 18.3 Å². The first kappa shape index (κ1) is 12.6. The van der Waals surface area contributed by atoms with E-state index in [1.807, 2.05) is 16.9 Å². The van der Waals surface area contributed by atoms with Crippen LogP contribution in [0.5, 0.6) is 0 Å². The summed E-state index contributed by atoms with van der Waals surface area (Å²) in [5, 5.41) is 5.92. The summed E-state index contributed by atoms with van der Waals surface area (Å²) in [5.41, 5.74) is 0.714. The van der Waals surface area contributed by atoms with Crippen LogP contribution in [0.1, 0.15) is 6.42 Å². The summed E-state index contributed by atoms with van der Waals surface area (Å²) < 4.78 is 7.28. The van der Waals surface area contributed by atoms with E-state index in [9.17, 15) is 0 Å². The Hall–Kier alpha value is -0.840. The molecule has 0 spiro atoms. The highest BCUT2D eigenvalue weighted by Gasteiger charge is 2.16. The smallest absolute Gasteiger partial charge is 0.182 e. The van der Waals surface area contributed by atoms with Gasteiger partial charge in [-0.05, 0) is 18.6 Å². The predicted molar refractivity (Wildman–Crippen MR) is 68.7 cm³/mol. The SMILES string of the molecule is Cl.Clc1ccc2cn(CC3CCOC3)nc2n1. The van der Waals surface area contributed by atoms with Crippen molar-refractivity contribution >= 4 is 35.0 Å². The summed E-state index contributed by atoms with van der Waals surface area (Å²) in [4.78, 5) is 4.17. The molecule has 1 aliphatic rings. The van der Waals surface area contributed by atoms with E-state index in [0.717, 1.165) is 31.6 Å². The summed E-state index contributed by atoms with van der Waals surface area (Å²) in [5.74, 6) is 0.574. The molecule has 0 radical (unpaired) electrons. The van der Waals surface area contributed by atoms with E-state index in [1.165, 1.54) is 0 Å². The molecule has 17 heavy (non-hydrogen) atoms. The Labute approximate surface area is 110 Å². The van der Waals surface area contributed by atoms with Crippen molar-refractivity contribution in [1.82, 2.24) is 14.8 Å². The third-order valence-electron chi connectivity index (χ3n) is 2.85. The van der Waals surface area contributed by atoms with Crippen molar-refractivity contribution in [3.05, 3.63) is 23.5 Å². The first-order valence-electron chi connectivity index (χ1n) is 5.39. The number of rotatable bonds is 2. The van der Waals surface area contributed by atoms with Gasteiger partial charge in [0.25, 0.3) is 0 Å². The fraction of sp³-hybridized carbons (Fsp3) is 0.455. The van der Waals surface area contributed by atoms with Crippen LogP contribution < -0.4 is 0 Å². The van der Waals surface area contributed by atoms with E-state index < -0.39 is 0 Å². The largest absolute Gasteiger partial charge is 0.381 e. The Morgan fingerprint density at radius 1 is 1.47 bits per heavy atom. The lowest BCUT2D eigenvalue weighted by molar-refractivity contribution is 0.181. The molecule has 1 saturated heterocycles. The van der Waals surface area contributed by atoms with Crippen LogP contribution in [0.3, 0.4) is 0 Å². The number of nitrogens with zero attached hydrogens (tertiary/aromatic N) is 3. The lowest BCUT2D eigenvalue weighted by Gasteiger charge is -2.05. The number of ether oxygens (including phenoxy) is 1. The standard InChI is InChI=1S/C11H12ClN3O.ClH/c12-10-2-1-9-6-15(14-11(9)13-10)5-8-3-4-16-7-8;/h1-2,6,8H,3-5,7H2;1H. The van der Waals surface area contributed by atoms with Gasteiger partial charge in [0.2, 0.25) is 0 Å². The molecule has 0 N–H and O–H groups in total. The Kier molecular flexibility index (Phi) is 3.86. The van der Waals surface area contributed by atoms with Gasteiger partial charge in [0, 0.05) is 30.7 Å². The van der Waals surface area contributed by atoms with E-state index in [4.69, 9.17) is 16.3 Å². The minimum absolute atomic E-state index is 0. The Balaban J connectivity index is 0.00000108. The summed E-state index contributed by atoms with van der Waals surface area (Å²) >= 11 is 5.82. The minimum Gasteiger partial charge on any atom is -0.381 e. The molecule has 4 nitrogen and oxygen atoms in total. The van der Waals surface area contributed by atoms with Gasteiger partial charge in [0.1, 0.15) is 5.15 Å². The Morgan fingerprint density at radius 2 is 2.35 bits per heavy atom. The molecule has 2 aromatic heterocycles. The van der Waals surface area contributed by atoms with Crippen LogP contribution >= 0.6 is 24.0 Å². The second-order valence-electron chi connectivity index (χ2n) is 4.13. The highest BCUT2D eigenvalue weighted by Crippen LogP contribution is 2.17. The van der Waals surface area contributed by atoms with Crippen molar-refractivity contribution in [2.45, 2.75) is 13.0 Å². The highest BCUT2D eigenvalue weighted by atomic mass is 35.5. The summed E-state index contributed by atoms with van der Waals surface area (Å²) in [7, 11) is 0. The maximum Gasteiger partial charge on any atom is 0.182 e. The Bertz CT molecular complexity index is 508. The molecule has 0 aromatic carbocycles. The lowest BCUT2D eigenvalue weighted by atomic mass is 10.1. The van der Waals surface area contributed by atoms with Gasteiger partial charge in [-0.2, -0.15) is 5.10 Å². The van der Waals surface area contributed by atoms with Crippen molar-refractivity contribution in [1.29, 1.82) is 0 Å². The van der Waals surface area contributed by atoms with Gasteiger partial charge >= 0.3 is 0 Å². The van der Waals surface area contributed by atoms with Crippen LogP contribution in [0.4, 0.5) is 0 Å². The zero-order chi connectivity index (χ0) is 11.0. The summed E-state index contributed by atoms with van der Waals surface area (Å²) in [6.45, 7) is 2.61. The molecular weight excluding hydrogens is 261 g/mol. The van der Waals surface area contributed by atoms with Crippen molar-refractivity contribution in [2.24, 2.45) is 5.92 Å². The molecule has 0 bridgehead atoms. The minimum atomic E-state index is 0. The number of hydrogen-bond acceptors (Lipinski definition) is 3. The number of fused-ring (bicyclic) bond motifs is 1. The second-order valence-corrected chi connectivity index (χ2v) is 4.51. The normalized spacial score (nSPS) is 19.5. The molecule has 3 rings (SSSR count). The van der Waals surface area contributed by atoms with Gasteiger partial charge in [-0.25, -0.2) is 4.98 Å². The van der Waals surface area contributed by atoms with Crippen LogP contribution in [-0.4, -0.2) is 28.0 Å². The lowest BCUT2D eigenvalue weighted by Crippen LogP contribution is -2.10. The third kappa shape index (κ3) is 2.70. The summed E-state index contributed by atoms with van der Waals surface area (Å²) in [6.07, 6.45) is 3.13. The number of aromatic nitrogens is 3. The summed E-state index contributed by atoms with van der Waals surface area (Å²) in [6, 6.07) is 3.73. The van der Waals surface area contributed by atoms with Gasteiger partial charge in [-0.1, -0.05) is 11.6 Å². The fourth-order valence-electron chi connectivity index (χ4n) is 2.01. The van der Waals surface area contributed by atoms with Gasteiger partial charge < -0.3 is 4.74 Å². The van der Waals surface area contributed by atoms with Crippen molar-refractivity contribution in [3.8, 4) is 0 Å². The molecule has 0 amide bonds. The van der Waals surface area contributed by atoms with Crippen LogP contribution in [0.2, 0.25) is 5.15 Å². The molecule has 1 atom stereocenters. The molecular formula is C11H13Cl2N3O. The van der Waals surface area contributed by atoms with Crippen LogP contribution in [0, 0.1) is 5.92 Å². The van der Waals surface area contributed by atoms with Crippen molar-refractivity contribution in [2.75, 3.05) is 13.2 Å². The molecule has 3 heterocycles. The Morgan fingerprint density at radius 3 is 3.12 bits per heavy atom. The zero-order valence-corrected chi connectivity index (χ0v) is 10.7. The topological polar surface area (TPSA) is 39.9 Å². The van der Waals surface area contributed by atoms with Gasteiger partial charge in [0.05, 0.1) is 6.61 Å². The van der Waals surface area contributed by atoms with E-state index in [2.05, 4.69) is 10.1 Å². The molecule has 0 aliphatic carbocycles. The molecule has 1 fully saturated rings. The van der Waals surface area contributed by atoms with Gasteiger partial charge in [0.15, 0.2) is 5.65 Å². The van der Waals surface area contributed by atoms with E-state index >= 15 is 0 Å².